The van der Waals surface area contributed by atoms with E-state index < -0.39 is 11.6 Å². The smallest absolute Gasteiger partial charge is 0.163 e. The maximum atomic E-state index is 13.1. The fourth-order valence-corrected chi connectivity index (χ4v) is 1.66. The van der Waals surface area contributed by atoms with Gasteiger partial charge in [-0.2, -0.15) is 0 Å². The number of rotatable bonds is 0. The van der Waals surface area contributed by atoms with Crippen LogP contribution in [0.4, 0.5) is 8.78 Å². The van der Waals surface area contributed by atoms with Crippen molar-refractivity contribution in [3.63, 3.8) is 0 Å². The third-order valence-corrected chi connectivity index (χ3v) is 2.33. The molecule has 0 heterocycles. The molecule has 0 radical (unpaired) electrons. The van der Waals surface area contributed by atoms with E-state index in [0.29, 0.717) is 24.8 Å². The highest BCUT2D eigenvalue weighted by molar-refractivity contribution is 5.98. The highest BCUT2D eigenvalue weighted by Crippen LogP contribution is 2.24. The van der Waals surface area contributed by atoms with Crippen LogP contribution in [0.1, 0.15) is 28.8 Å². The van der Waals surface area contributed by atoms with Gasteiger partial charge in [0.2, 0.25) is 0 Å². The van der Waals surface area contributed by atoms with E-state index in [2.05, 4.69) is 0 Å². The van der Waals surface area contributed by atoms with Crippen LogP contribution in [0.15, 0.2) is 12.1 Å². The van der Waals surface area contributed by atoms with E-state index in [9.17, 15) is 13.6 Å². The molecule has 0 N–H and O–H groups in total. The molecule has 1 aromatic rings. The van der Waals surface area contributed by atoms with Crippen molar-refractivity contribution in [3.8, 4) is 0 Å². The molecule has 1 aliphatic rings. The van der Waals surface area contributed by atoms with Crippen molar-refractivity contribution >= 4 is 5.78 Å². The molecule has 1 aliphatic carbocycles. The van der Waals surface area contributed by atoms with E-state index in [-0.39, 0.29) is 11.3 Å². The Morgan fingerprint density at radius 1 is 1.15 bits per heavy atom. The second kappa shape index (κ2) is 2.91. The van der Waals surface area contributed by atoms with Gasteiger partial charge in [-0.15, -0.1) is 0 Å². The first kappa shape index (κ1) is 8.35. The van der Waals surface area contributed by atoms with Crippen LogP contribution >= 0.6 is 0 Å². The largest absolute Gasteiger partial charge is 0.294 e. The highest BCUT2D eigenvalue weighted by Gasteiger charge is 2.21. The monoisotopic (exact) mass is 182 g/mol. The molecule has 0 bridgehead atoms. The Hall–Kier alpha value is -1.25. The molecule has 3 heteroatoms. The molecule has 0 atom stereocenters. The molecule has 13 heavy (non-hydrogen) atoms. The Kier molecular flexibility index (Phi) is 1.87. The van der Waals surface area contributed by atoms with Crippen LogP contribution in [0, 0.1) is 11.6 Å². The van der Waals surface area contributed by atoms with Gasteiger partial charge in [0.25, 0.3) is 0 Å². The van der Waals surface area contributed by atoms with Gasteiger partial charge in [-0.3, -0.25) is 4.79 Å². The number of halogens is 2. The Labute approximate surface area is 74.4 Å². The Morgan fingerprint density at radius 3 is 2.69 bits per heavy atom. The van der Waals surface area contributed by atoms with Crippen molar-refractivity contribution in [2.24, 2.45) is 0 Å². The summed E-state index contributed by atoms with van der Waals surface area (Å²) in [4.78, 5) is 11.3. The number of Topliss-reactive ketones (excluding diaryl/α,β-unsaturated/α-hetero) is 1. The number of fused-ring (bicyclic) bond motifs is 1. The van der Waals surface area contributed by atoms with Crippen LogP contribution in [0.25, 0.3) is 0 Å². The molecule has 0 spiro atoms. The minimum absolute atomic E-state index is 0.0832. The number of hydrogen-bond donors (Lipinski definition) is 0. The van der Waals surface area contributed by atoms with Crippen molar-refractivity contribution in [2.45, 2.75) is 19.3 Å². The lowest BCUT2D eigenvalue weighted by Gasteiger charge is -2.14. The summed E-state index contributed by atoms with van der Waals surface area (Å²) in [5.41, 5.74) is 0.599. The third-order valence-electron chi connectivity index (χ3n) is 2.33. The first-order chi connectivity index (χ1) is 6.20. The Bertz CT molecular complexity index is 371. The zero-order valence-electron chi connectivity index (χ0n) is 6.94. The van der Waals surface area contributed by atoms with Crippen LogP contribution in [-0.2, 0) is 6.42 Å². The molecular weight excluding hydrogens is 174 g/mol. The Morgan fingerprint density at radius 2 is 1.92 bits per heavy atom. The number of benzene rings is 1. The quantitative estimate of drug-likeness (QED) is 0.602. The van der Waals surface area contributed by atoms with Crippen molar-refractivity contribution in [3.05, 3.63) is 34.9 Å². The molecule has 2 rings (SSSR count). The van der Waals surface area contributed by atoms with E-state index in [1.807, 2.05) is 0 Å². The summed E-state index contributed by atoms with van der Waals surface area (Å²) in [5, 5.41) is 0. The molecule has 0 fully saturated rings. The van der Waals surface area contributed by atoms with Gasteiger partial charge in [-0.25, -0.2) is 8.78 Å². The highest BCUT2D eigenvalue weighted by atomic mass is 19.2. The molecule has 1 aromatic carbocycles. The molecule has 0 aliphatic heterocycles. The lowest BCUT2D eigenvalue weighted by molar-refractivity contribution is 0.0971. The van der Waals surface area contributed by atoms with Gasteiger partial charge in [0.05, 0.1) is 0 Å². The zero-order valence-corrected chi connectivity index (χ0v) is 6.94. The van der Waals surface area contributed by atoms with Crippen molar-refractivity contribution in [2.75, 3.05) is 0 Å². The second-order valence-corrected chi connectivity index (χ2v) is 3.16. The van der Waals surface area contributed by atoms with Crippen LogP contribution in [0.3, 0.4) is 0 Å². The van der Waals surface area contributed by atoms with Gasteiger partial charge >= 0.3 is 0 Å². The van der Waals surface area contributed by atoms with Gasteiger partial charge in [-0.1, -0.05) is 0 Å². The fourth-order valence-electron chi connectivity index (χ4n) is 1.66. The first-order valence-corrected chi connectivity index (χ1v) is 4.20. The van der Waals surface area contributed by atoms with Crippen LogP contribution < -0.4 is 0 Å². The van der Waals surface area contributed by atoms with Crippen LogP contribution in [0.5, 0.6) is 0 Å². The average molecular weight is 182 g/mol. The number of hydrogen-bond acceptors (Lipinski definition) is 1. The SMILES string of the molecule is O=C1CCCc2c1ccc(F)c2F. The van der Waals surface area contributed by atoms with E-state index in [1.165, 1.54) is 6.07 Å². The van der Waals surface area contributed by atoms with Gasteiger partial charge in [-0.05, 0) is 25.0 Å². The van der Waals surface area contributed by atoms with Crippen LogP contribution in [0.2, 0.25) is 0 Å². The second-order valence-electron chi connectivity index (χ2n) is 3.16. The summed E-state index contributed by atoms with van der Waals surface area (Å²) in [5.74, 6) is -1.81. The number of carbonyl (C=O) groups is 1. The molecule has 0 saturated heterocycles. The predicted octanol–water partition coefficient (Wildman–Crippen LogP) is 2.48. The molecular formula is C10H8F2O. The number of carbonyl (C=O) groups excluding carboxylic acids is 1. The van der Waals surface area contributed by atoms with Gasteiger partial charge < -0.3 is 0 Å². The minimum atomic E-state index is -0.867. The van der Waals surface area contributed by atoms with E-state index >= 15 is 0 Å². The minimum Gasteiger partial charge on any atom is -0.294 e. The lowest BCUT2D eigenvalue weighted by Crippen LogP contribution is -2.13. The summed E-state index contributed by atoms with van der Waals surface area (Å²) in [7, 11) is 0. The Balaban J connectivity index is 2.63. The molecule has 0 amide bonds. The van der Waals surface area contributed by atoms with Crippen molar-refractivity contribution in [1.29, 1.82) is 0 Å². The zero-order chi connectivity index (χ0) is 9.42. The molecule has 0 saturated carbocycles. The molecule has 0 aromatic heterocycles. The topological polar surface area (TPSA) is 17.1 Å². The lowest BCUT2D eigenvalue weighted by atomic mass is 9.90. The van der Waals surface area contributed by atoms with E-state index in [4.69, 9.17) is 0 Å². The molecule has 68 valence electrons. The fraction of sp³-hybridized carbons (Fsp3) is 0.300. The average Bonchev–Trinajstić information content (AvgIpc) is 2.12. The third kappa shape index (κ3) is 1.24. The molecule has 0 unspecified atom stereocenters. The summed E-state index contributed by atoms with van der Waals surface area (Å²) >= 11 is 0. The maximum absolute atomic E-state index is 13.1. The van der Waals surface area contributed by atoms with Crippen molar-refractivity contribution < 1.29 is 13.6 Å². The summed E-state index contributed by atoms with van der Waals surface area (Å²) < 4.78 is 25.9. The summed E-state index contributed by atoms with van der Waals surface area (Å²) in [6, 6.07) is 2.38. The predicted molar refractivity (Wildman–Crippen MR) is 43.6 cm³/mol. The van der Waals surface area contributed by atoms with E-state index in [1.54, 1.807) is 0 Å². The normalized spacial score (nSPS) is 15.7. The molecule has 1 nitrogen and oxygen atoms in total. The maximum Gasteiger partial charge on any atom is 0.163 e. The van der Waals surface area contributed by atoms with Crippen LogP contribution in [-0.4, -0.2) is 5.78 Å². The first-order valence-electron chi connectivity index (χ1n) is 4.20. The number of ketones is 1. The van der Waals surface area contributed by atoms with Gasteiger partial charge in [0, 0.05) is 17.5 Å². The summed E-state index contributed by atoms with van der Waals surface area (Å²) in [6.45, 7) is 0. The van der Waals surface area contributed by atoms with E-state index in [0.717, 1.165) is 6.07 Å². The van der Waals surface area contributed by atoms with Gasteiger partial charge in [0.15, 0.2) is 17.4 Å². The summed E-state index contributed by atoms with van der Waals surface area (Å²) in [6.07, 6.45) is 1.52. The van der Waals surface area contributed by atoms with Crippen molar-refractivity contribution in [1.82, 2.24) is 0 Å². The van der Waals surface area contributed by atoms with Gasteiger partial charge in [0.1, 0.15) is 0 Å². The standard InChI is InChI=1S/C10H8F2O/c11-8-5-4-6-7(10(8)12)2-1-3-9(6)13/h4-5H,1-3H2.